The van der Waals surface area contributed by atoms with Gasteiger partial charge in [-0.1, -0.05) is 49.0 Å². The van der Waals surface area contributed by atoms with Crippen molar-refractivity contribution in [2.24, 2.45) is 0 Å². The van der Waals surface area contributed by atoms with Crippen LogP contribution in [0.5, 0.6) is 0 Å². The van der Waals surface area contributed by atoms with Crippen molar-refractivity contribution in [1.82, 2.24) is 20.1 Å². The van der Waals surface area contributed by atoms with E-state index >= 15 is 0 Å². The number of carbonyl (C=O) groups excluding carboxylic acids is 1. The first kappa shape index (κ1) is 16.1. The number of likely N-dealkylation sites (tertiary alicyclic amines) is 1. The van der Waals surface area contributed by atoms with E-state index in [2.05, 4.69) is 51.3 Å². The van der Waals surface area contributed by atoms with E-state index < -0.39 is 0 Å². The summed E-state index contributed by atoms with van der Waals surface area (Å²) >= 11 is 1.42. The minimum Gasteiger partial charge on any atom is -0.338 e. The number of H-pyrrole nitrogens is 1. The highest BCUT2D eigenvalue weighted by molar-refractivity contribution is 7.99. The van der Waals surface area contributed by atoms with E-state index in [4.69, 9.17) is 0 Å². The minimum absolute atomic E-state index is 0.197. The number of nitrogens with zero attached hydrogens (tertiary/aromatic N) is 3. The summed E-state index contributed by atoms with van der Waals surface area (Å²) in [4.78, 5) is 18.8. The number of aromatic amines is 1. The zero-order chi connectivity index (χ0) is 16.1. The lowest BCUT2D eigenvalue weighted by Crippen LogP contribution is -2.40. The quantitative estimate of drug-likeness (QED) is 0.827. The Kier molecular flexibility index (Phi) is 5.33. The van der Waals surface area contributed by atoms with Crippen molar-refractivity contribution in [2.75, 3.05) is 12.3 Å². The van der Waals surface area contributed by atoms with Gasteiger partial charge in [0.25, 0.3) is 0 Å². The number of hydrogen-bond acceptors (Lipinski definition) is 4. The number of aromatic nitrogens is 3. The van der Waals surface area contributed by atoms with Gasteiger partial charge in [0.05, 0.1) is 5.75 Å². The first-order valence-corrected chi connectivity index (χ1v) is 9.10. The molecular weight excluding hydrogens is 308 g/mol. The van der Waals surface area contributed by atoms with Crippen molar-refractivity contribution in [1.29, 1.82) is 0 Å². The van der Waals surface area contributed by atoms with Gasteiger partial charge >= 0.3 is 0 Å². The SMILES string of the molecule is CC[C@@H](c1ccccc1)[C@@H]1CCCN1C(=O)CSc1ncn[nH]1. The van der Waals surface area contributed by atoms with Gasteiger partial charge in [-0.05, 0) is 24.8 Å². The number of rotatable bonds is 6. The van der Waals surface area contributed by atoms with Crippen LogP contribution in [0.25, 0.3) is 0 Å². The molecule has 2 aromatic rings. The molecular formula is C17H22N4OS. The number of thioether (sulfide) groups is 1. The summed E-state index contributed by atoms with van der Waals surface area (Å²) in [7, 11) is 0. The second-order valence-corrected chi connectivity index (χ2v) is 6.77. The van der Waals surface area contributed by atoms with E-state index in [0.717, 1.165) is 25.8 Å². The third-order valence-electron chi connectivity index (χ3n) is 4.48. The van der Waals surface area contributed by atoms with Crippen LogP contribution in [0.3, 0.4) is 0 Å². The van der Waals surface area contributed by atoms with Gasteiger partial charge in [-0.25, -0.2) is 4.98 Å². The van der Waals surface area contributed by atoms with Crippen molar-refractivity contribution < 1.29 is 4.79 Å². The summed E-state index contributed by atoms with van der Waals surface area (Å²) in [6.45, 7) is 3.08. The van der Waals surface area contributed by atoms with Crippen molar-refractivity contribution in [3.8, 4) is 0 Å². The molecule has 0 spiro atoms. The molecule has 1 aliphatic heterocycles. The van der Waals surface area contributed by atoms with Crippen LogP contribution in [0.1, 0.15) is 37.7 Å². The largest absolute Gasteiger partial charge is 0.338 e. The second-order valence-electron chi connectivity index (χ2n) is 5.80. The Morgan fingerprint density at radius 2 is 2.26 bits per heavy atom. The van der Waals surface area contributed by atoms with E-state index in [1.807, 2.05) is 6.07 Å². The number of nitrogens with one attached hydrogen (secondary N) is 1. The lowest BCUT2D eigenvalue weighted by molar-refractivity contribution is -0.129. The third kappa shape index (κ3) is 3.75. The van der Waals surface area contributed by atoms with Crippen LogP contribution in [0.4, 0.5) is 0 Å². The number of carbonyl (C=O) groups is 1. The molecule has 5 nitrogen and oxygen atoms in total. The number of amides is 1. The monoisotopic (exact) mass is 330 g/mol. The molecule has 23 heavy (non-hydrogen) atoms. The summed E-state index contributed by atoms with van der Waals surface area (Å²) in [6, 6.07) is 10.9. The lowest BCUT2D eigenvalue weighted by atomic mass is 9.87. The minimum atomic E-state index is 0.197. The van der Waals surface area contributed by atoms with Crippen molar-refractivity contribution in [3.63, 3.8) is 0 Å². The maximum absolute atomic E-state index is 12.6. The van der Waals surface area contributed by atoms with Crippen LogP contribution in [0, 0.1) is 0 Å². The molecule has 0 bridgehead atoms. The fraction of sp³-hybridized carbons (Fsp3) is 0.471. The van der Waals surface area contributed by atoms with Crippen LogP contribution < -0.4 is 0 Å². The molecule has 1 fully saturated rings. The van der Waals surface area contributed by atoms with Crippen molar-refractivity contribution >= 4 is 17.7 Å². The molecule has 1 aromatic carbocycles. The normalized spacial score (nSPS) is 19.0. The van der Waals surface area contributed by atoms with Gasteiger partial charge in [0.2, 0.25) is 5.91 Å². The lowest BCUT2D eigenvalue weighted by Gasteiger charge is -2.31. The molecule has 122 valence electrons. The van der Waals surface area contributed by atoms with Crippen molar-refractivity contribution in [2.45, 2.75) is 43.3 Å². The van der Waals surface area contributed by atoms with Gasteiger partial charge < -0.3 is 4.90 Å². The number of hydrogen-bond donors (Lipinski definition) is 1. The summed E-state index contributed by atoms with van der Waals surface area (Å²) in [6.07, 6.45) is 4.69. The Balaban J connectivity index is 1.67. The van der Waals surface area contributed by atoms with Crippen LogP contribution in [0.2, 0.25) is 0 Å². The first-order chi connectivity index (χ1) is 11.3. The average molecular weight is 330 g/mol. The molecule has 2 atom stereocenters. The maximum Gasteiger partial charge on any atom is 0.233 e. The topological polar surface area (TPSA) is 61.9 Å². The molecule has 2 heterocycles. The first-order valence-electron chi connectivity index (χ1n) is 8.12. The van der Waals surface area contributed by atoms with Crippen LogP contribution in [-0.2, 0) is 4.79 Å². The molecule has 3 rings (SSSR count). The predicted molar refractivity (Wildman–Crippen MR) is 91.3 cm³/mol. The summed E-state index contributed by atoms with van der Waals surface area (Å²) in [5, 5.41) is 7.30. The van der Waals surface area contributed by atoms with Crippen LogP contribution in [0.15, 0.2) is 41.8 Å². The molecule has 0 radical (unpaired) electrons. The second kappa shape index (κ2) is 7.64. The molecule has 0 aliphatic carbocycles. The summed E-state index contributed by atoms with van der Waals surface area (Å²) < 4.78 is 0. The fourth-order valence-electron chi connectivity index (χ4n) is 3.43. The number of benzene rings is 1. The third-order valence-corrected chi connectivity index (χ3v) is 5.34. The van der Waals surface area contributed by atoms with E-state index in [1.54, 1.807) is 0 Å². The van der Waals surface area contributed by atoms with Crippen LogP contribution in [-0.4, -0.2) is 44.3 Å². The van der Waals surface area contributed by atoms with Gasteiger partial charge in [0.1, 0.15) is 6.33 Å². The highest BCUT2D eigenvalue weighted by Crippen LogP contribution is 2.34. The zero-order valence-electron chi connectivity index (χ0n) is 13.3. The molecule has 1 amide bonds. The van der Waals surface area contributed by atoms with Gasteiger partial charge in [-0.3, -0.25) is 9.89 Å². The van der Waals surface area contributed by atoms with E-state index in [-0.39, 0.29) is 5.91 Å². The van der Waals surface area contributed by atoms with Gasteiger partial charge in [-0.2, -0.15) is 5.10 Å². The smallest absolute Gasteiger partial charge is 0.233 e. The van der Waals surface area contributed by atoms with E-state index in [0.29, 0.717) is 22.9 Å². The Bertz CT molecular complexity index is 617. The highest BCUT2D eigenvalue weighted by Gasteiger charge is 2.34. The predicted octanol–water partition coefficient (Wildman–Crippen LogP) is 3.08. The van der Waals surface area contributed by atoms with Gasteiger partial charge in [0.15, 0.2) is 5.16 Å². The maximum atomic E-state index is 12.6. The average Bonchev–Trinajstić information content (AvgIpc) is 3.26. The van der Waals surface area contributed by atoms with Gasteiger partial charge in [0, 0.05) is 18.5 Å². The fourth-order valence-corrected chi connectivity index (χ4v) is 4.09. The molecule has 1 N–H and O–H groups in total. The Morgan fingerprint density at radius 1 is 1.43 bits per heavy atom. The molecule has 1 aliphatic rings. The summed E-state index contributed by atoms with van der Waals surface area (Å²) in [5.41, 5.74) is 1.34. The Hall–Kier alpha value is -1.82. The molecule has 1 saturated heterocycles. The molecule has 1 aromatic heterocycles. The standard InChI is InChI=1S/C17H22N4OS/c1-2-14(13-7-4-3-5-8-13)15-9-6-10-21(15)16(22)11-23-17-18-12-19-20-17/h3-5,7-8,12,14-15H,2,6,9-11H2,1H3,(H,18,19,20)/t14-,15-/m0/s1. The van der Waals surface area contributed by atoms with Crippen molar-refractivity contribution in [3.05, 3.63) is 42.2 Å². The summed E-state index contributed by atoms with van der Waals surface area (Å²) in [5.74, 6) is 1.03. The zero-order valence-corrected chi connectivity index (χ0v) is 14.1. The Morgan fingerprint density at radius 3 is 2.96 bits per heavy atom. The van der Waals surface area contributed by atoms with Crippen LogP contribution >= 0.6 is 11.8 Å². The van der Waals surface area contributed by atoms with Gasteiger partial charge in [-0.15, -0.1) is 0 Å². The molecule has 0 saturated carbocycles. The highest BCUT2D eigenvalue weighted by atomic mass is 32.2. The van der Waals surface area contributed by atoms with E-state index in [9.17, 15) is 4.79 Å². The molecule has 0 unspecified atom stereocenters. The molecule has 6 heteroatoms. The van der Waals surface area contributed by atoms with E-state index in [1.165, 1.54) is 23.7 Å². The Labute approximate surface area is 140 Å².